The second-order valence-corrected chi connectivity index (χ2v) is 5.92. The minimum atomic E-state index is -0.0616. The summed E-state index contributed by atoms with van der Waals surface area (Å²) in [6.45, 7) is 5.97. The summed E-state index contributed by atoms with van der Waals surface area (Å²) in [4.78, 5) is 18.8. The molecule has 1 aliphatic heterocycles. The van der Waals surface area contributed by atoms with Crippen LogP contribution in [0.1, 0.15) is 38.3 Å². The highest BCUT2D eigenvalue weighted by atomic mass is 16.5. The number of rotatable bonds is 7. The molecule has 1 saturated heterocycles. The molecule has 1 unspecified atom stereocenters. The summed E-state index contributed by atoms with van der Waals surface area (Å²) in [5.41, 5.74) is 1.01. The maximum Gasteiger partial charge on any atom is 0.237 e. The van der Waals surface area contributed by atoms with Crippen LogP contribution in [0, 0.1) is 0 Å². The van der Waals surface area contributed by atoms with Crippen LogP contribution in [0.3, 0.4) is 0 Å². The first kappa shape index (κ1) is 17.0. The van der Waals surface area contributed by atoms with Gasteiger partial charge in [0.1, 0.15) is 0 Å². The zero-order chi connectivity index (χ0) is 15.8. The molecule has 1 N–H and O–H groups in total. The molecule has 1 aromatic heterocycles. The van der Waals surface area contributed by atoms with Crippen LogP contribution in [0.25, 0.3) is 0 Å². The van der Waals surface area contributed by atoms with Crippen molar-refractivity contribution in [2.45, 2.75) is 51.7 Å². The van der Waals surface area contributed by atoms with Gasteiger partial charge in [-0.05, 0) is 32.9 Å². The van der Waals surface area contributed by atoms with E-state index in [4.69, 9.17) is 4.74 Å². The molecule has 0 spiro atoms. The number of methoxy groups -OCH3 is 1. The second-order valence-electron chi connectivity index (χ2n) is 5.92. The van der Waals surface area contributed by atoms with Crippen molar-refractivity contribution >= 4 is 5.91 Å². The van der Waals surface area contributed by atoms with Crippen LogP contribution in [-0.4, -0.2) is 53.2 Å². The number of ether oxygens (including phenoxy) is 1. The van der Waals surface area contributed by atoms with Crippen molar-refractivity contribution in [3.05, 3.63) is 18.2 Å². The van der Waals surface area contributed by atoms with Crippen molar-refractivity contribution in [2.75, 3.05) is 26.8 Å². The number of carbonyl (C=O) groups excluding carboxylic acids is 1. The molecule has 22 heavy (non-hydrogen) atoms. The van der Waals surface area contributed by atoms with Crippen LogP contribution in [0.4, 0.5) is 0 Å². The summed E-state index contributed by atoms with van der Waals surface area (Å²) in [7, 11) is 1.68. The minimum Gasteiger partial charge on any atom is -0.383 e. The molecule has 6 heteroatoms. The zero-order valence-corrected chi connectivity index (χ0v) is 13.8. The molecule has 124 valence electrons. The van der Waals surface area contributed by atoms with Gasteiger partial charge in [-0.1, -0.05) is 12.8 Å². The smallest absolute Gasteiger partial charge is 0.237 e. The van der Waals surface area contributed by atoms with Crippen molar-refractivity contribution < 1.29 is 9.53 Å². The number of carbonyl (C=O) groups is 1. The zero-order valence-electron chi connectivity index (χ0n) is 13.8. The lowest BCUT2D eigenvalue weighted by atomic mass is 10.2. The number of amides is 1. The van der Waals surface area contributed by atoms with E-state index in [1.807, 2.05) is 11.5 Å². The van der Waals surface area contributed by atoms with E-state index in [1.165, 1.54) is 25.7 Å². The van der Waals surface area contributed by atoms with Crippen molar-refractivity contribution in [3.8, 4) is 0 Å². The van der Waals surface area contributed by atoms with Gasteiger partial charge in [0.25, 0.3) is 0 Å². The van der Waals surface area contributed by atoms with Gasteiger partial charge in [0.05, 0.1) is 31.2 Å². The Morgan fingerprint density at radius 1 is 1.36 bits per heavy atom. The van der Waals surface area contributed by atoms with Crippen LogP contribution in [-0.2, 0) is 22.6 Å². The average molecular weight is 308 g/mol. The van der Waals surface area contributed by atoms with Gasteiger partial charge in [-0.2, -0.15) is 0 Å². The van der Waals surface area contributed by atoms with Gasteiger partial charge in [0.15, 0.2) is 0 Å². The molecule has 1 fully saturated rings. The fourth-order valence-electron chi connectivity index (χ4n) is 2.86. The highest BCUT2D eigenvalue weighted by Crippen LogP contribution is 2.12. The predicted molar refractivity (Wildman–Crippen MR) is 85.5 cm³/mol. The van der Waals surface area contributed by atoms with Gasteiger partial charge in [0.2, 0.25) is 5.91 Å². The van der Waals surface area contributed by atoms with Gasteiger partial charge < -0.3 is 14.6 Å². The molecule has 6 nitrogen and oxygen atoms in total. The highest BCUT2D eigenvalue weighted by Gasteiger charge is 2.21. The normalized spacial score (nSPS) is 17.9. The Hall–Kier alpha value is -1.40. The largest absolute Gasteiger partial charge is 0.383 e. The summed E-state index contributed by atoms with van der Waals surface area (Å²) < 4.78 is 7.10. The van der Waals surface area contributed by atoms with Gasteiger partial charge in [-0.15, -0.1) is 0 Å². The van der Waals surface area contributed by atoms with Crippen molar-refractivity contribution in [1.29, 1.82) is 0 Å². The molecule has 1 aliphatic rings. The topological polar surface area (TPSA) is 59.4 Å². The van der Waals surface area contributed by atoms with E-state index in [-0.39, 0.29) is 11.9 Å². The second kappa shape index (κ2) is 8.90. The van der Waals surface area contributed by atoms with E-state index in [0.29, 0.717) is 13.2 Å². The molecular weight excluding hydrogens is 280 g/mol. The molecule has 0 radical (unpaired) electrons. The van der Waals surface area contributed by atoms with E-state index in [1.54, 1.807) is 19.6 Å². The molecule has 2 heterocycles. The molecular formula is C16H28N4O2. The SMILES string of the molecule is COCCn1cncc1CNC(=O)C(C)N1CCCCCC1. The maximum atomic E-state index is 12.4. The molecule has 2 rings (SSSR count). The van der Waals surface area contributed by atoms with E-state index in [0.717, 1.165) is 25.3 Å². The first-order valence-electron chi connectivity index (χ1n) is 8.22. The van der Waals surface area contributed by atoms with Crippen molar-refractivity contribution in [3.63, 3.8) is 0 Å². The van der Waals surface area contributed by atoms with Crippen LogP contribution < -0.4 is 5.32 Å². The van der Waals surface area contributed by atoms with E-state index >= 15 is 0 Å². The Morgan fingerprint density at radius 3 is 2.77 bits per heavy atom. The third kappa shape index (κ3) is 4.81. The molecule has 1 amide bonds. The fraction of sp³-hybridized carbons (Fsp3) is 0.750. The monoisotopic (exact) mass is 308 g/mol. The van der Waals surface area contributed by atoms with Gasteiger partial charge >= 0.3 is 0 Å². The third-order valence-corrected chi connectivity index (χ3v) is 4.35. The van der Waals surface area contributed by atoms with Crippen LogP contribution >= 0.6 is 0 Å². The summed E-state index contributed by atoms with van der Waals surface area (Å²) in [6, 6.07) is -0.0616. The lowest BCUT2D eigenvalue weighted by Crippen LogP contribution is -2.45. The predicted octanol–water partition coefficient (Wildman–Crippen LogP) is 1.41. The van der Waals surface area contributed by atoms with Crippen molar-refractivity contribution in [2.24, 2.45) is 0 Å². The number of nitrogens with zero attached hydrogens (tertiary/aromatic N) is 3. The Morgan fingerprint density at radius 2 is 2.09 bits per heavy atom. The first-order chi connectivity index (χ1) is 10.7. The highest BCUT2D eigenvalue weighted by molar-refractivity contribution is 5.81. The summed E-state index contributed by atoms with van der Waals surface area (Å²) in [5, 5.41) is 3.04. The summed E-state index contributed by atoms with van der Waals surface area (Å²) in [5.74, 6) is 0.0985. The number of aromatic nitrogens is 2. The number of hydrogen-bond acceptors (Lipinski definition) is 4. The lowest BCUT2D eigenvalue weighted by Gasteiger charge is -2.26. The van der Waals surface area contributed by atoms with Crippen LogP contribution in [0.2, 0.25) is 0 Å². The summed E-state index contributed by atoms with van der Waals surface area (Å²) >= 11 is 0. The Kier molecular flexibility index (Phi) is 6.86. The first-order valence-corrected chi connectivity index (χ1v) is 8.22. The fourth-order valence-corrected chi connectivity index (χ4v) is 2.86. The average Bonchev–Trinajstić information content (AvgIpc) is 2.80. The summed E-state index contributed by atoms with van der Waals surface area (Å²) in [6.07, 6.45) is 8.53. The molecule has 0 saturated carbocycles. The number of nitrogens with one attached hydrogen (secondary N) is 1. The Labute approximate surface area is 132 Å². The molecule has 0 aliphatic carbocycles. The quantitative estimate of drug-likeness (QED) is 0.827. The van der Waals surface area contributed by atoms with Crippen LogP contribution in [0.5, 0.6) is 0 Å². The standard InChI is InChI=1S/C16H28N4O2/c1-14(19-7-5-3-4-6-8-19)16(21)18-12-15-11-17-13-20(15)9-10-22-2/h11,13-14H,3-10,12H2,1-2H3,(H,18,21). The van der Waals surface area contributed by atoms with Gasteiger partial charge in [0, 0.05) is 19.9 Å². The van der Waals surface area contributed by atoms with E-state index < -0.39 is 0 Å². The Bertz CT molecular complexity index is 453. The minimum absolute atomic E-state index is 0.0616. The molecule has 1 aromatic rings. The number of likely N-dealkylation sites (tertiary alicyclic amines) is 1. The molecule has 0 bridgehead atoms. The number of hydrogen-bond donors (Lipinski definition) is 1. The number of imidazole rings is 1. The van der Waals surface area contributed by atoms with E-state index in [9.17, 15) is 4.79 Å². The third-order valence-electron chi connectivity index (χ3n) is 4.35. The van der Waals surface area contributed by atoms with Crippen LogP contribution in [0.15, 0.2) is 12.5 Å². The van der Waals surface area contributed by atoms with Gasteiger partial charge in [-0.3, -0.25) is 9.69 Å². The molecule has 0 aromatic carbocycles. The Balaban J connectivity index is 1.82. The van der Waals surface area contributed by atoms with Gasteiger partial charge in [-0.25, -0.2) is 4.98 Å². The molecule has 1 atom stereocenters. The van der Waals surface area contributed by atoms with E-state index in [2.05, 4.69) is 15.2 Å². The lowest BCUT2D eigenvalue weighted by molar-refractivity contribution is -0.126. The van der Waals surface area contributed by atoms with Crippen molar-refractivity contribution in [1.82, 2.24) is 19.8 Å². The maximum absolute atomic E-state index is 12.4.